The van der Waals surface area contributed by atoms with Crippen LogP contribution >= 0.6 is 15.9 Å². The maximum atomic E-state index is 4.48. The van der Waals surface area contributed by atoms with Crippen molar-refractivity contribution in [2.75, 3.05) is 0 Å². The Hall–Kier alpha value is -1.13. The Morgan fingerprint density at radius 2 is 2.25 bits per heavy atom. The number of aryl methyl sites for hydroxylation is 1. The van der Waals surface area contributed by atoms with Gasteiger partial charge in [0, 0.05) is 35.9 Å². The molecule has 1 N–H and O–H groups in total. The summed E-state index contributed by atoms with van der Waals surface area (Å²) in [5, 5.41) is 3.60. The van der Waals surface area contributed by atoms with E-state index in [0.717, 1.165) is 35.7 Å². The predicted molar refractivity (Wildman–Crippen MR) is 85.1 cm³/mol. The molecule has 1 heterocycles. The van der Waals surface area contributed by atoms with E-state index < -0.39 is 0 Å². The summed E-state index contributed by atoms with van der Waals surface area (Å²) in [6, 6.07) is 7.21. The van der Waals surface area contributed by atoms with Gasteiger partial charge in [-0.1, -0.05) is 22.9 Å². The van der Waals surface area contributed by atoms with Crippen LogP contribution in [0.5, 0.6) is 0 Å². The number of nitrogens with one attached hydrogen (secondary N) is 1. The molecule has 106 valence electrons. The molecule has 0 bridgehead atoms. The largest absolute Gasteiger partial charge is 0.310 e. The summed E-state index contributed by atoms with van der Waals surface area (Å²) in [7, 11) is 0. The van der Waals surface area contributed by atoms with Crippen molar-refractivity contribution in [2.24, 2.45) is 0 Å². The smallest absolute Gasteiger partial charge is 0.113 e. The van der Waals surface area contributed by atoms with Gasteiger partial charge >= 0.3 is 0 Å². The van der Waals surface area contributed by atoms with Gasteiger partial charge in [0.2, 0.25) is 0 Å². The summed E-state index contributed by atoms with van der Waals surface area (Å²) < 4.78 is 3.35. The van der Waals surface area contributed by atoms with E-state index in [1.54, 1.807) is 0 Å². The first kappa shape index (κ1) is 13.8. The Balaban J connectivity index is 1.91. The highest BCUT2D eigenvalue weighted by Crippen LogP contribution is 2.24. The van der Waals surface area contributed by atoms with Crippen molar-refractivity contribution >= 4 is 15.9 Å². The lowest BCUT2D eigenvalue weighted by Crippen LogP contribution is -2.17. The maximum Gasteiger partial charge on any atom is 0.113 e. The van der Waals surface area contributed by atoms with E-state index in [1.807, 2.05) is 6.20 Å². The minimum atomic E-state index is 0.722. The quantitative estimate of drug-likeness (QED) is 0.870. The number of aromatic nitrogens is 2. The molecular weight excluding hydrogens is 314 g/mol. The van der Waals surface area contributed by atoms with Crippen molar-refractivity contribution in [3.8, 4) is 5.69 Å². The molecule has 0 unspecified atom stereocenters. The average Bonchev–Trinajstić information content (AvgIpc) is 3.16. The highest BCUT2D eigenvalue weighted by Gasteiger charge is 2.20. The molecule has 0 spiro atoms. The summed E-state index contributed by atoms with van der Waals surface area (Å²) in [5.74, 6) is 1.14. The Morgan fingerprint density at radius 3 is 3.00 bits per heavy atom. The van der Waals surface area contributed by atoms with Gasteiger partial charge in [-0.3, -0.25) is 0 Å². The normalized spacial score (nSPS) is 14.7. The van der Waals surface area contributed by atoms with E-state index in [1.165, 1.54) is 24.1 Å². The van der Waals surface area contributed by atoms with Gasteiger partial charge in [-0.25, -0.2) is 4.98 Å². The molecule has 1 saturated carbocycles. The van der Waals surface area contributed by atoms with Crippen LogP contribution in [0.2, 0.25) is 0 Å². The van der Waals surface area contributed by atoms with Gasteiger partial charge in [-0.2, -0.15) is 0 Å². The molecule has 2 aromatic rings. The Bertz CT molecular complexity index is 587. The first-order valence-electron chi connectivity index (χ1n) is 7.32. The molecule has 1 fully saturated rings. The maximum absolute atomic E-state index is 4.48. The number of rotatable bonds is 6. The molecule has 4 heteroatoms. The van der Waals surface area contributed by atoms with Gasteiger partial charge in [-0.05, 0) is 43.0 Å². The molecule has 3 nitrogen and oxygen atoms in total. The van der Waals surface area contributed by atoms with Crippen LogP contribution in [0.15, 0.2) is 35.1 Å². The fourth-order valence-electron chi connectivity index (χ4n) is 2.43. The average molecular weight is 334 g/mol. The topological polar surface area (TPSA) is 29.9 Å². The van der Waals surface area contributed by atoms with Crippen LogP contribution in [0, 0.1) is 0 Å². The lowest BCUT2D eigenvalue weighted by atomic mass is 10.1. The third-order valence-electron chi connectivity index (χ3n) is 3.65. The van der Waals surface area contributed by atoms with Crippen LogP contribution in [0.4, 0.5) is 0 Å². The molecule has 0 aliphatic heterocycles. The van der Waals surface area contributed by atoms with Gasteiger partial charge in [0.15, 0.2) is 0 Å². The Labute approximate surface area is 128 Å². The molecule has 1 aromatic carbocycles. The van der Waals surface area contributed by atoms with Crippen molar-refractivity contribution in [3.63, 3.8) is 0 Å². The molecule has 3 rings (SSSR count). The zero-order chi connectivity index (χ0) is 13.9. The van der Waals surface area contributed by atoms with Crippen molar-refractivity contribution in [3.05, 3.63) is 46.5 Å². The molecule has 1 aliphatic carbocycles. The number of imidazole rings is 1. The number of halogens is 1. The summed E-state index contributed by atoms with van der Waals surface area (Å²) in [5.41, 5.74) is 2.56. The molecule has 0 saturated heterocycles. The minimum absolute atomic E-state index is 0.722. The van der Waals surface area contributed by atoms with Gasteiger partial charge in [0.05, 0.1) is 5.69 Å². The monoisotopic (exact) mass is 333 g/mol. The second-order valence-corrected chi connectivity index (χ2v) is 6.31. The zero-order valence-corrected chi connectivity index (χ0v) is 13.4. The summed E-state index contributed by atoms with van der Waals surface area (Å²) in [6.07, 6.45) is 8.72. The third-order valence-corrected chi connectivity index (χ3v) is 4.14. The van der Waals surface area contributed by atoms with Crippen LogP contribution < -0.4 is 5.32 Å². The second-order valence-electron chi connectivity index (χ2n) is 5.39. The number of nitrogens with zero attached hydrogens (tertiary/aromatic N) is 2. The van der Waals surface area contributed by atoms with E-state index in [9.17, 15) is 0 Å². The fourth-order valence-corrected chi connectivity index (χ4v) is 2.84. The van der Waals surface area contributed by atoms with E-state index in [2.05, 4.69) is 62.1 Å². The van der Waals surface area contributed by atoms with E-state index in [0.29, 0.717) is 0 Å². The molecule has 1 aromatic heterocycles. The van der Waals surface area contributed by atoms with Crippen molar-refractivity contribution < 1.29 is 0 Å². The minimum Gasteiger partial charge on any atom is -0.310 e. The van der Waals surface area contributed by atoms with Crippen LogP contribution in [-0.2, 0) is 13.0 Å². The number of hydrogen-bond acceptors (Lipinski definition) is 2. The second kappa shape index (κ2) is 6.10. The molecule has 1 aliphatic rings. The molecule has 0 radical (unpaired) electrons. The summed E-state index contributed by atoms with van der Waals surface area (Å²) in [4.78, 5) is 4.48. The molecule has 0 atom stereocenters. The number of benzene rings is 1. The van der Waals surface area contributed by atoms with Gasteiger partial charge in [0.25, 0.3) is 0 Å². The Morgan fingerprint density at radius 1 is 1.40 bits per heavy atom. The lowest BCUT2D eigenvalue weighted by Gasteiger charge is -2.14. The van der Waals surface area contributed by atoms with Crippen molar-refractivity contribution in [2.45, 2.75) is 45.2 Å². The van der Waals surface area contributed by atoms with Gasteiger partial charge in [0.1, 0.15) is 5.82 Å². The van der Waals surface area contributed by atoms with Gasteiger partial charge < -0.3 is 9.88 Å². The van der Waals surface area contributed by atoms with Crippen LogP contribution in [-0.4, -0.2) is 15.6 Å². The summed E-state index contributed by atoms with van der Waals surface area (Å²) in [6.45, 7) is 3.11. The van der Waals surface area contributed by atoms with E-state index in [-0.39, 0.29) is 0 Å². The van der Waals surface area contributed by atoms with Crippen molar-refractivity contribution in [1.82, 2.24) is 14.9 Å². The SMILES string of the molecule is CCCc1nccn1-c1ccc(Br)cc1CNC1CC1. The predicted octanol–water partition coefficient (Wildman–Crippen LogP) is 3.84. The first-order valence-corrected chi connectivity index (χ1v) is 8.11. The van der Waals surface area contributed by atoms with Crippen LogP contribution in [0.3, 0.4) is 0 Å². The Kier molecular flexibility index (Phi) is 4.22. The molecule has 20 heavy (non-hydrogen) atoms. The molecule has 0 amide bonds. The first-order chi connectivity index (χ1) is 9.78. The van der Waals surface area contributed by atoms with Crippen LogP contribution in [0.1, 0.15) is 37.6 Å². The lowest BCUT2D eigenvalue weighted by molar-refractivity contribution is 0.682. The zero-order valence-electron chi connectivity index (χ0n) is 11.8. The third kappa shape index (κ3) is 3.13. The highest BCUT2D eigenvalue weighted by molar-refractivity contribution is 9.10. The van der Waals surface area contributed by atoms with Gasteiger partial charge in [-0.15, -0.1) is 0 Å². The standard InChI is InChI=1S/C16H20BrN3/c1-2-3-16-18-8-9-20(16)15-7-4-13(17)10-12(15)11-19-14-5-6-14/h4,7-10,14,19H,2-3,5-6,11H2,1H3. The fraction of sp³-hybridized carbons (Fsp3) is 0.438. The van der Waals surface area contributed by atoms with E-state index in [4.69, 9.17) is 0 Å². The van der Waals surface area contributed by atoms with Crippen LogP contribution in [0.25, 0.3) is 5.69 Å². The molecular formula is C16H20BrN3. The van der Waals surface area contributed by atoms with Crippen molar-refractivity contribution in [1.29, 1.82) is 0 Å². The van der Waals surface area contributed by atoms with E-state index >= 15 is 0 Å². The number of hydrogen-bond donors (Lipinski definition) is 1. The summed E-state index contributed by atoms with van der Waals surface area (Å²) >= 11 is 3.58. The highest BCUT2D eigenvalue weighted by atomic mass is 79.9.